The lowest BCUT2D eigenvalue weighted by Gasteiger charge is -2.06. The second kappa shape index (κ2) is 6.26. The van der Waals surface area contributed by atoms with Crippen molar-refractivity contribution in [1.82, 2.24) is 4.98 Å². The molecule has 0 aliphatic heterocycles. The molecular formula is C14H9F4NOS. The molecule has 1 heterocycles. The molecule has 0 saturated heterocycles. The fraction of sp³-hybridized carbons (Fsp3) is 0.143. The predicted octanol–water partition coefficient (Wildman–Crippen LogP) is 4.21. The summed E-state index contributed by atoms with van der Waals surface area (Å²) in [6.07, 6.45) is -3.70. The van der Waals surface area contributed by atoms with Gasteiger partial charge >= 0.3 is 6.18 Å². The lowest BCUT2D eigenvalue weighted by atomic mass is 10.1. The van der Waals surface area contributed by atoms with Gasteiger partial charge in [-0.15, -0.1) is 0 Å². The zero-order valence-electron chi connectivity index (χ0n) is 10.5. The van der Waals surface area contributed by atoms with E-state index in [1.165, 1.54) is 30.3 Å². The molecule has 0 amide bonds. The quantitative estimate of drug-likeness (QED) is 0.481. The van der Waals surface area contributed by atoms with Crippen molar-refractivity contribution in [1.29, 1.82) is 0 Å². The molecule has 21 heavy (non-hydrogen) atoms. The maximum atomic E-state index is 12.7. The smallest absolute Gasteiger partial charge is 0.293 e. The van der Waals surface area contributed by atoms with Crippen molar-refractivity contribution in [3.63, 3.8) is 0 Å². The zero-order chi connectivity index (χ0) is 15.5. The van der Waals surface area contributed by atoms with Crippen LogP contribution in [0.3, 0.4) is 0 Å². The number of aromatic nitrogens is 1. The van der Waals surface area contributed by atoms with Crippen LogP contribution in [0.15, 0.2) is 47.6 Å². The number of thioether (sulfide) groups is 1. The number of benzene rings is 1. The summed E-state index contributed by atoms with van der Waals surface area (Å²) in [6, 6.07) is 7.20. The van der Waals surface area contributed by atoms with Gasteiger partial charge in [-0.05, 0) is 36.4 Å². The third kappa shape index (κ3) is 4.29. The van der Waals surface area contributed by atoms with Crippen molar-refractivity contribution in [2.24, 2.45) is 0 Å². The first kappa shape index (κ1) is 15.5. The summed E-state index contributed by atoms with van der Waals surface area (Å²) in [5, 5.41) is 0.318. The van der Waals surface area contributed by atoms with Crippen molar-refractivity contribution >= 4 is 17.5 Å². The highest BCUT2D eigenvalue weighted by Crippen LogP contribution is 2.29. The SMILES string of the molecule is O=C(CSc1ccc(C(F)(F)F)cn1)c1ccc(F)cc1. The number of Topliss-reactive ketones (excluding diaryl/α,β-unsaturated/α-hetero) is 1. The molecule has 2 rings (SSSR count). The fourth-order valence-corrected chi connectivity index (χ4v) is 2.23. The molecule has 1 aromatic carbocycles. The third-order valence-corrected chi connectivity index (χ3v) is 3.52. The first-order valence-corrected chi connectivity index (χ1v) is 6.79. The normalized spacial score (nSPS) is 11.4. The Morgan fingerprint density at radius 2 is 1.76 bits per heavy atom. The van der Waals surface area contributed by atoms with Crippen LogP contribution in [0, 0.1) is 5.82 Å². The van der Waals surface area contributed by atoms with Crippen LogP contribution in [0.1, 0.15) is 15.9 Å². The minimum Gasteiger partial charge on any atom is -0.293 e. The molecular weight excluding hydrogens is 306 g/mol. The Kier molecular flexibility index (Phi) is 4.62. The zero-order valence-corrected chi connectivity index (χ0v) is 11.3. The van der Waals surface area contributed by atoms with Crippen molar-refractivity contribution in [2.75, 3.05) is 5.75 Å². The number of pyridine rings is 1. The number of alkyl halides is 3. The van der Waals surface area contributed by atoms with Gasteiger partial charge < -0.3 is 0 Å². The number of carbonyl (C=O) groups excluding carboxylic acids is 1. The first-order chi connectivity index (χ1) is 9.86. The van der Waals surface area contributed by atoms with Gasteiger partial charge in [0, 0.05) is 11.8 Å². The molecule has 0 unspecified atom stereocenters. The van der Waals surface area contributed by atoms with Gasteiger partial charge in [0.15, 0.2) is 5.78 Å². The Morgan fingerprint density at radius 3 is 2.29 bits per heavy atom. The van der Waals surface area contributed by atoms with E-state index in [1.807, 2.05) is 0 Å². The topological polar surface area (TPSA) is 30.0 Å². The van der Waals surface area contributed by atoms with Crippen molar-refractivity contribution in [2.45, 2.75) is 11.2 Å². The van der Waals surface area contributed by atoms with E-state index < -0.39 is 17.6 Å². The molecule has 0 atom stereocenters. The molecule has 1 aromatic heterocycles. The number of halogens is 4. The van der Waals surface area contributed by atoms with E-state index in [0.717, 1.165) is 24.0 Å². The van der Waals surface area contributed by atoms with E-state index in [2.05, 4.69) is 4.98 Å². The third-order valence-electron chi connectivity index (χ3n) is 2.58. The Labute approximate surface area is 122 Å². The van der Waals surface area contributed by atoms with Crippen LogP contribution < -0.4 is 0 Å². The summed E-state index contributed by atoms with van der Waals surface area (Å²) in [5.74, 6) is -0.672. The Morgan fingerprint density at radius 1 is 1.10 bits per heavy atom. The van der Waals surface area contributed by atoms with Crippen LogP contribution in [0.2, 0.25) is 0 Å². The fourth-order valence-electron chi connectivity index (χ4n) is 1.49. The van der Waals surface area contributed by atoms with E-state index >= 15 is 0 Å². The Bertz CT molecular complexity index is 623. The molecule has 0 spiro atoms. The molecule has 0 N–H and O–H groups in total. The maximum Gasteiger partial charge on any atom is 0.417 e. The molecule has 0 bridgehead atoms. The largest absolute Gasteiger partial charge is 0.417 e. The summed E-state index contributed by atoms with van der Waals surface area (Å²) in [5.41, 5.74) is -0.493. The number of rotatable bonds is 4. The lowest BCUT2D eigenvalue weighted by molar-refractivity contribution is -0.137. The molecule has 0 radical (unpaired) electrons. The summed E-state index contributed by atoms with van der Waals surface area (Å²) in [4.78, 5) is 15.5. The highest BCUT2D eigenvalue weighted by molar-refractivity contribution is 7.99. The minimum absolute atomic E-state index is 0.0179. The highest BCUT2D eigenvalue weighted by Gasteiger charge is 2.30. The van der Waals surface area contributed by atoms with Crippen LogP contribution in [0.4, 0.5) is 17.6 Å². The molecule has 0 fully saturated rings. The highest BCUT2D eigenvalue weighted by atomic mass is 32.2. The summed E-state index contributed by atoms with van der Waals surface area (Å²) in [6.45, 7) is 0. The monoisotopic (exact) mass is 315 g/mol. The van der Waals surface area contributed by atoms with Crippen LogP contribution in [-0.2, 0) is 6.18 Å². The second-order valence-corrected chi connectivity index (χ2v) is 5.10. The molecule has 0 aliphatic carbocycles. The van der Waals surface area contributed by atoms with Gasteiger partial charge in [0.1, 0.15) is 5.82 Å². The minimum atomic E-state index is -4.43. The van der Waals surface area contributed by atoms with Crippen LogP contribution >= 0.6 is 11.8 Å². The molecule has 110 valence electrons. The molecule has 0 aliphatic rings. The van der Waals surface area contributed by atoms with E-state index in [0.29, 0.717) is 10.6 Å². The average Bonchev–Trinajstić information content (AvgIpc) is 2.45. The van der Waals surface area contributed by atoms with Crippen molar-refractivity contribution in [3.05, 3.63) is 59.5 Å². The molecule has 7 heteroatoms. The van der Waals surface area contributed by atoms with Gasteiger partial charge in [0.25, 0.3) is 0 Å². The van der Waals surface area contributed by atoms with Crippen LogP contribution in [0.25, 0.3) is 0 Å². The molecule has 2 aromatic rings. The Balaban J connectivity index is 1.97. The van der Waals surface area contributed by atoms with Gasteiger partial charge in [0.05, 0.1) is 16.3 Å². The van der Waals surface area contributed by atoms with Crippen molar-refractivity contribution < 1.29 is 22.4 Å². The summed E-state index contributed by atoms with van der Waals surface area (Å²) < 4.78 is 49.8. The van der Waals surface area contributed by atoms with Crippen LogP contribution in [-0.4, -0.2) is 16.5 Å². The molecule has 2 nitrogen and oxygen atoms in total. The van der Waals surface area contributed by atoms with E-state index in [9.17, 15) is 22.4 Å². The number of hydrogen-bond acceptors (Lipinski definition) is 3. The van der Waals surface area contributed by atoms with Crippen molar-refractivity contribution in [3.8, 4) is 0 Å². The standard InChI is InChI=1S/C14H9F4NOS/c15-11-4-1-9(2-5-11)12(20)8-21-13-6-3-10(7-19-13)14(16,17)18/h1-7H,8H2. The lowest BCUT2D eigenvalue weighted by Crippen LogP contribution is -2.06. The molecule has 0 saturated carbocycles. The summed E-state index contributed by atoms with van der Waals surface area (Å²) >= 11 is 1.03. The van der Waals surface area contributed by atoms with E-state index in [-0.39, 0.29) is 11.5 Å². The van der Waals surface area contributed by atoms with Gasteiger partial charge in [-0.2, -0.15) is 13.2 Å². The maximum absolute atomic E-state index is 12.7. The summed E-state index contributed by atoms with van der Waals surface area (Å²) in [7, 11) is 0. The predicted molar refractivity (Wildman–Crippen MR) is 70.7 cm³/mol. The van der Waals surface area contributed by atoms with E-state index in [1.54, 1.807) is 0 Å². The number of nitrogens with zero attached hydrogens (tertiary/aromatic N) is 1. The second-order valence-electron chi connectivity index (χ2n) is 4.10. The number of carbonyl (C=O) groups is 1. The van der Waals surface area contributed by atoms with Gasteiger partial charge in [-0.25, -0.2) is 9.37 Å². The Hall–Kier alpha value is -1.89. The van der Waals surface area contributed by atoms with Gasteiger partial charge in [0.2, 0.25) is 0 Å². The van der Waals surface area contributed by atoms with Gasteiger partial charge in [-0.3, -0.25) is 4.79 Å². The van der Waals surface area contributed by atoms with Crippen LogP contribution in [0.5, 0.6) is 0 Å². The van der Waals surface area contributed by atoms with E-state index in [4.69, 9.17) is 0 Å². The average molecular weight is 315 g/mol. The first-order valence-electron chi connectivity index (χ1n) is 5.81. The number of ketones is 1. The van der Waals surface area contributed by atoms with Gasteiger partial charge in [-0.1, -0.05) is 11.8 Å². The number of hydrogen-bond donors (Lipinski definition) is 0.